The summed E-state index contributed by atoms with van der Waals surface area (Å²) in [4.78, 5) is 5.55. The van der Waals surface area contributed by atoms with Crippen LogP contribution in [0.25, 0.3) is 0 Å². The van der Waals surface area contributed by atoms with Crippen molar-refractivity contribution < 1.29 is 0 Å². The van der Waals surface area contributed by atoms with Gasteiger partial charge in [-0.2, -0.15) is 0 Å². The lowest BCUT2D eigenvalue weighted by atomic mass is 9.90. The topological polar surface area (TPSA) is 6.48 Å². The number of hydrogen-bond acceptors (Lipinski definition) is 2. The van der Waals surface area contributed by atoms with Gasteiger partial charge in [-0.15, -0.1) is 0 Å². The van der Waals surface area contributed by atoms with E-state index in [1.54, 1.807) is 0 Å². The fourth-order valence-electron chi connectivity index (χ4n) is 6.67. The van der Waals surface area contributed by atoms with E-state index in [-0.39, 0.29) is 0 Å². The van der Waals surface area contributed by atoms with Crippen LogP contribution < -0.4 is 0 Å². The molecule has 1 fully saturated rings. The Hall–Kier alpha value is -0.0800. The Kier molecular flexibility index (Phi) is 23.5. The number of hydrogen-bond donors (Lipinski definition) is 0. The minimum Gasteiger partial charge on any atom is -0.306 e. The van der Waals surface area contributed by atoms with E-state index in [9.17, 15) is 0 Å². The first-order valence-electron chi connectivity index (χ1n) is 17.5. The Morgan fingerprint density at radius 1 is 0.595 bits per heavy atom. The van der Waals surface area contributed by atoms with Crippen molar-refractivity contribution in [2.75, 3.05) is 39.8 Å². The van der Waals surface area contributed by atoms with E-state index < -0.39 is 0 Å². The zero-order valence-electron chi connectivity index (χ0n) is 26.7. The number of likely N-dealkylation sites (tertiary alicyclic amines) is 1. The Balaban J connectivity index is 2.33. The Morgan fingerprint density at radius 2 is 1.03 bits per heavy atom. The van der Waals surface area contributed by atoms with Crippen molar-refractivity contribution in [3.63, 3.8) is 0 Å². The highest BCUT2D eigenvalue weighted by Crippen LogP contribution is 2.26. The summed E-state index contributed by atoms with van der Waals surface area (Å²) < 4.78 is 0. The molecule has 0 aromatic rings. The van der Waals surface area contributed by atoms with E-state index in [2.05, 4.69) is 44.5 Å². The van der Waals surface area contributed by atoms with Crippen LogP contribution in [-0.2, 0) is 0 Å². The molecule has 0 spiro atoms. The van der Waals surface area contributed by atoms with Crippen LogP contribution in [0, 0.1) is 17.8 Å². The van der Waals surface area contributed by atoms with Gasteiger partial charge in [-0.3, -0.25) is 0 Å². The summed E-state index contributed by atoms with van der Waals surface area (Å²) >= 11 is 0. The van der Waals surface area contributed by atoms with E-state index in [1.807, 2.05) is 0 Å². The molecule has 1 heterocycles. The van der Waals surface area contributed by atoms with Crippen LogP contribution in [0.4, 0.5) is 0 Å². The van der Waals surface area contributed by atoms with E-state index in [0.29, 0.717) is 0 Å². The van der Waals surface area contributed by atoms with Gasteiger partial charge in [0.25, 0.3) is 0 Å². The second kappa shape index (κ2) is 24.9. The van der Waals surface area contributed by atoms with E-state index in [4.69, 9.17) is 0 Å². The van der Waals surface area contributed by atoms with E-state index in [0.717, 1.165) is 17.8 Å². The molecule has 1 aliphatic heterocycles. The molecule has 2 nitrogen and oxygen atoms in total. The SMILES string of the molecule is CCCCCCC(CCCCCC)CN(C)CCC1CCN(CC(CCCCC)CCCCCC)CC1. The van der Waals surface area contributed by atoms with Gasteiger partial charge in [-0.25, -0.2) is 0 Å². The maximum Gasteiger partial charge on any atom is 0.000966 e. The maximum absolute atomic E-state index is 2.85. The Labute approximate surface area is 236 Å². The first-order chi connectivity index (χ1) is 18.1. The minimum absolute atomic E-state index is 0.933. The normalized spacial score (nSPS) is 16.3. The van der Waals surface area contributed by atoms with Crippen LogP contribution in [0.15, 0.2) is 0 Å². The Morgan fingerprint density at radius 3 is 1.51 bits per heavy atom. The number of unbranched alkanes of at least 4 members (excludes halogenated alkanes) is 11. The fraction of sp³-hybridized carbons (Fsp3) is 1.00. The van der Waals surface area contributed by atoms with Crippen LogP contribution in [0.1, 0.15) is 169 Å². The molecule has 0 bridgehead atoms. The molecule has 37 heavy (non-hydrogen) atoms. The van der Waals surface area contributed by atoms with Gasteiger partial charge in [-0.1, -0.05) is 124 Å². The highest BCUT2D eigenvalue weighted by Gasteiger charge is 2.22. The smallest absolute Gasteiger partial charge is 0.000966 e. The summed E-state index contributed by atoms with van der Waals surface area (Å²) in [5.41, 5.74) is 0. The average molecular weight is 521 g/mol. The van der Waals surface area contributed by atoms with Crippen LogP contribution >= 0.6 is 0 Å². The van der Waals surface area contributed by atoms with Crippen LogP contribution in [0.2, 0.25) is 0 Å². The zero-order valence-corrected chi connectivity index (χ0v) is 26.7. The minimum atomic E-state index is 0.933. The lowest BCUT2D eigenvalue weighted by molar-refractivity contribution is 0.139. The molecule has 1 atom stereocenters. The molecule has 1 unspecified atom stereocenters. The molecule has 0 aromatic heterocycles. The van der Waals surface area contributed by atoms with Crippen molar-refractivity contribution in [2.45, 2.75) is 169 Å². The molecule has 222 valence electrons. The van der Waals surface area contributed by atoms with E-state index in [1.165, 1.54) is 174 Å². The standard InChI is InChI=1S/C35H72N2/c1-6-10-14-18-22-34(23-19-15-11-7-2)31-36(5)28-25-33-26-29-37(30-27-33)32-35(21-17-13-9-4)24-20-16-12-8-3/h33-35H,6-32H2,1-5H3. The third-order valence-corrected chi connectivity index (χ3v) is 9.33. The van der Waals surface area contributed by atoms with Gasteiger partial charge in [-0.05, 0) is 89.4 Å². The van der Waals surface area contributed by atoms with Crippen LogP contribution in [0.3, 0.4) is 0 Å². The van der Waals surface area contributed by atoms with Gasteiger partial charge in [0.1, 0.15) is 0 Å². The molecule has 0 radical (unpaired) electrons. The molecular weight excluding hydrogens is 448 g/mol. The predicted octanol–water partition coefficient (Wildman–Crippen LogP) is 10.7. The maximum atomic E-state index is 2.85. The van der Waals surface area contributed by atoms with Crippen molar-refractivity contribution >= 4 is 0 Å². The summed E-state index contributed by atoms with van der Waals surface area (Å²) in [6.07, 6.45) is 31.5. The lowest BCUT2D eigenvalue weighted by Gasteiger charge is -2.35. The second-order valence-corrected chi connectivity index (χ2v) is 13.1. The molecule has 1 aliphatic rings. The van der Waals surface area contributed by atoms with Gasteiger partial charge < -0.3 is 9.80 Å². The summed E-state index contributed by atoms with van der Waals surface area (Å²) in [6.45, 7) is 16.1. The molecular formula is C35H72N2. The quantitative estimate of drug-likeness (QED) is 0.105. The molecule has 0 N–H and O–H groups in total. The predicted molar refractivity (Wildman–Crippen MR) is 169 cm³/mol. The van der Waals surface area contributed by atoms with Crippen molar-refractivity contribution in [3.8, 4) is 0 Å². The largest absolute Gasteiger partial charge is 0.306 e. The van der Waals surface area contributed by atoms with E-state index >= 15 is 0 Å². The third-order valence-electron chi connectivity index (χ3n) is 9.33. The van der Waals surface area contributed by atoms with Gasteiger partial charge in [0.15, 0.2) is 0 Å². The molecule has 0 aliphatic carbocycles. The number of piperidine rings is 1. The monoisotopic (exact) mass is 521 g/mol. The van der Waals surface area contributed by atoms with Crippen molar-refractivity contribution in [1.82, 2.24) is 9.80 Å². The van der Waals surface area contributed by atoms with Gasteiger partial charge >= 0.3 is 0 Å². The van der Waals surface area contributed by atoms with Gasteiger partial charge in [0, 0.05) is 13.1 Å². The number of rotatable bonds is 26. The average Bonchev–Trinajstić information content (AvgIpc) is 2.91. The first-order valence-corrected chi connectivity index (χ1v) is 17.5. The first kappa shape index (κ1) is 34.9. The molecule has 0 amide bonds. The van der Waals surface area contributed by atoms with Crippen LogP contribution in [0.5, 0.6) is 0 Å². The molecule has 1 saturated heterocycles. The lowest BCUT2D eigenvalue weighted by Crippen LogP contribution is -2.38. The molecule has 1 rings (SSSR count). The van der Waals surface area contributed by atoms with Gasteiger partial charge in [0.2, 0.25) is 0 Å². The fourth-order valence-corrected chi connectivity index (χ4v) is 6.67. The zero-order chi connectivity index (χ0) is 27.0. The number of nitrogens with zero attached hydrogens (tertiary/aromatic N) is 2. The van der Waals surface area contributed by atoms with Crippen molar-refractivity contribution in [1.29, 1.82) is 0 Å². The van der Waals surface area contributed by atoms with Crippen molar-refractivity contribution in [3.05, 3.63) is 0 Å². The van der Waals surface area contributed by atoms with Crippen LogP contribution in [-0.4, -0.2) is 49.6 Å². The van der Waals surface area contributed by atoms with Gasteiger partial charge in [0.05, 0.1) is 0 Å². The van der Waals surface area contributed by atoms with Crippen molar-refractivity contribution in [2.24, 2.45) is 17.8 Å². The summed E-state index contributed by atoms with van der Waals surface area (Å²) in [5, 5.41) is 0. The highest BCUT2D eigenvalue weighted by atomic mass is 15.1. The summed E-state index contributed by atoms with van der Waals surface area (Å²) in [5.74, 6) is 2.86. The second-order valence-electron chi connectivity index (χ2n) is 13.1. The molecule has 0 aromatic carbocycles. The summed E-state index contributed by atoms with van der Waals surface area (Å²) in [6, 6.07) is 0. The summed E-state index contributed by atoms with van der Waals surface area (Å²) in [7, 11) is 2.42. The highest BCUT2D eigenvalue weighted by molar-refractivity contribution is 4.76. The Bertz CT molecular complexity index is 444. The third kappa shape index (κ3) is 19.6. The molecule has 0 saturated carbocycles. The molecule has 2 heteroatoms.